The summed E-state index contributed by atoms with van der Waals surface area (Å²) in [7, 11) is -2.61. The molecular formula is C20H23N3O5S. The molecule has 0 unspecified atom stereocenters. The van der Waals surface area contributed by atoms with Gasteiger partial charge in [-0.05, 0) is 50.1 Å². The van der Waals surface area contributed by atoms with Crippen LogP contribution in [0.3, 0.4) is 0 Å². The number of likely N-dealkylation sites (N-methyl/N-ethyl adjacent to an activating group) is 1. The standard InChI is InChI=1S/C20H23N3O5S/c1-12-6-5-7-15(8-12)21-19(24)11-23(4)29(26,27)18-10-17-16(9-13(18)2)22-20(25)14(3)28-17/h5-10,14H,11H2,1-4H3,(H,21,24)(H,22,25)/t14-/m1/s1. The third-order valence-corrected chi connectivity index (χ3v) is 6.51. The highest BCUT2D eigenvalue weighted by Gasteiger charge is 2.30. The lowest BCUT2D eigenvalue weighted by Crippen LogP contribution is -2.36. The second-order valence-corrected chi connectivity index (χ2v) is 9.06. The van der Waals surface area contributed by atoms with Gasteiger partial charge in [0.15, 0.2) is 6.10 Å². The van der Waals surface area contributed by atoms with Gasteiger partial charge < -0.3 is 15.4 Å². The Morgan fingerprint density at radius 1 is 1.24 bits per heavy atom. The van der Waals surface area contributed by atoms with E-state index in [2.05, 4.69) is 10.6 Å². The van der Waals surface area contributed by atoms with Gasteiger partial charge in [-0.2, -0.15) is 4.31 Å². The highest BCUT2D eigenvalue weighted by molar-refractivity contribution is 7.89. The van der Waals surface area contributed by atoms with Crippen molar-refractivity contribution in [2.75, 3.05) is 24.2 Å². The van der Waals surface area contributed by atoms with Crippen LogP contribution in [0.15, 0.2) is 41.3 Å². The van der Waals surface area contributed by atoms with E-state index in [1.165, 1.54) is 13.1 Å². The van der Waals surface area contributed by atoms with Crippen LogP contribution in [0.2, 0.25) is 0 Å². The SMILES string of the molecule is Cc1cccc(NC(=O)CN(C)S(=O)(=O)c2cc3c(cc2C)NC(=O)[C@@H](C)O3)c1. The molecule has 29 heavy (non-hydrogen) atoms. The van der Waals surface area contributed by atoms with Crippen LogP contribution in [-0.2, 0) is 19.6 Å². The first-order valence-electron chi connectivity index (χ1n) is 9.03. The molecule has 0 radical (unpaired) electrons. The molecule has 9 heteroatoms. The highest BCUT2D eigenvalue weighted by atomic mass is 32.2. The van der Waals surface area contributed by atoms with Crippen LogP contribution in [0.25, 0.3) is 0 Å². The normalized spacial score (nSPS) is 16.0. The maximum Gasteiger partial charge on any atom is 0.265 e. The Labute approximate surface area is 169 Å². The van der Waals surface area contributed by atoms with Crippen molar-refractivity contribution in [2.45, 2.75) is 31.8 Å². The third-order valence-electron chi connectivity index (χ3n) is 4.56. The first-order chi connectivity index (χ1) is 13.6. The molecule has 3 rings (SSSR count). The van der Waals surface area contributed by atoms with E-state index in [9.17, 15) is 18.0 Å². The van der Waals surface area contributed by atoms with Crippen molar-refractivity contribution >= 4 is 33.2 Å². The number of carbonyl (C=O) groups is 2. The monoisotopic (exact) mass is 417 g/mol. The minimum atomic E-state index is -3.95. The molecule has 2 N–H and O–H groups in total. The molecule has 1 atom stereocenters. The summed E-state index contributed by atoms with van der Waals surface area (Å²) in [6, 6.07) is 10.2. The van der Waals surface area contributed by atoms with Crippen LogP contribution in [0.1, 0.15) is 18.1 Å². The van der Waals surface area contributed by atoms with Crippen LogP contribution in [0.4, 0.5) is 11.4 Å². The molecule has 0 aromatic heterocycles. The fourth-order valence-corrected chi connectivity index (χ4v) is 4.34. The molecule has 2 amide bonds. The van der Waals surface area contributed by atoms with Crippen LogP contribution in [0.5, 0.6) is 5.75 Å². The summed E-state index contributed by atoms with van der Waals surface area (Å²) in [4.78, 5) is 24.1. The Morgan fingerprint density at radius 3 is 2.66 bits per heavy atom. The Kier molecular flexibility index (Phi) is 5.63. The molecule has 0 saturated heterocycles. The highest BCUT2D eigenvalue weighted by Crippen LogP contribution is 2.35. The molecular weight excluding hydrogens is 394 g/mol. The van der Waals surface area contributed by atoms with E-state index < -0.39 is 22.0 Å². The van der Waals surface area contributed by atoms with E-state index in [1.807, 2.05) is 19.1 Å². The number of hydrogen-bond acceptors (Lipinski definition) is 5. The predicted molar refractivity (Wildman–Crippen MR) is 110 cm³/mol. The number of aryl methyl sites for hydroxylation is 2. The lowest BCUT2D eigenvalue weighted by Gasteiger charge is -2.25. The van der Waals surface area contributed by atoms with Gasteiger partial charge in [0, 0.05) is 18.8 Å². The van der Waals surface area contributed by atoms with E-state index in [1.54, 1.807) is 32.0 Å². The number of amides is 2. The summed E-state index contributed by atoms with van der Waals surface area (Å²) in [6.07, 6.45) is -0.724. The van der Waals surface area contributed by atoms with Crippen molar-refractivity contribution in [3.05, 3.63) is 47.5 Å². The zero-order chi connectivity index (χ0) is 21.3. The molecule has 0 saturated carbocycles. The average molecular weight is 417 g/mol. The Bertz CT molecular complexity index is 1080. The Morgan fingerprint density at radius 2 is 1.97 bits per heavy atom. The van der Waals surface area contributed by atoms with Gasteiger partial charge in [-0.3, -0.25) is 9.59 Å². The van der Waals surface area contributed by atoms with E-state index in [-0.39, 0.29) is 23.1 Å². The fourth-order valence-electron chi connectivity index (χ4n) is 3.00. The zero-order valence-electron chi connectivity index (χ0n) is 16.6. The first-order valence-corrected chi connectivity index (χ1v) is 10.5. The molecule has 0 bridgehead atoms. The van der Waals surface area contributed by atoms with Gasteiger partial charge in [0.05, 0.1) is 17.1 Å². The molecule has 1 heterocycles. The number of ether oxygens (including phenoxy) is 1. The molecule has 0 spiro atoms. The maximum atomic E-state index is 13.0. The number of hydrogen-bond donors (Lipinski definition) is 2. The van der Waals surface area contributed by atoms with E-state index in [4.69, 9.17) is 4.74 Å². The summed E-state index contributed by atoms with van der Waals surface area (Å²) in [5.74, 6) is -0.467. The summed E-state index contributed by atoms with van der Waals surface area (Å²) >= 11 is 0. The van der Waals surface area contributed by atoms with Crippen LogP contribution < -0.4 is 15.4 Å². The lowest BCUT2D eigenvalue weighted by molar-refractivity contribution is -0.122. The number of nitrogens with zero attached hydrogens (tertiary/aromatic N) is 1. The molecule has 2 aromatic rings. The maximum absolute atomic E-state index is 13.0. The quantitative estimate of drug-likeness (QED) is 0.777. The summed E-state index contributed by atoms with van der Waals surface area (Å²) in [5.41, 5.74) is 2.44. The number of anilines is 2. The van der Waals surface area contributed by atoms with Gasteiger partial charge in [-0.15, -0.1) is 0 Å². The summed E-state index contributed by atoms with van der Waals surface area (Å²) in [5, 5.41) is 5.38. The van der Waals surface area contributed by atoms with Crippen LogP contribution >= 0.6 is 0 Å². The molecule has 1 aliphatic rings. The van der Waals surface area contributed by atoms with Crippen molar-refractivity contribution in [3.63, 3.8) is 0 Å². The smallest absolute Gasteiger partial charge is 0.265 e. The van der Waals surface area contributed by atoms with Crippen molar-refractivity contribution in [2.24, 2.45) is 0 Å². The van der Waals surface area contributed by atoms with Crippen LogP contribution in [-0.4, -0.2) is 44.2 Å². The lowest BCUT2D eigenvalue weighted by atomic mass is 10.1. The Balaban J connectivity index is 1.80. The number of nitrogens with one attached hydrogen (secondary N) is 2. The van der Waals surface area contributed by atoms with Crippen molar-refractivity contribution in [1.82, 2.24) is 4.31 Å². The van der Waals surface area contributed by atoms with E-state index >= 15 is 0 Å². The molecule has 1 aliphatic heterocycles. The van der Waals surface area contributed by atoms with Crippen LogP contribution in [0, 0.1) is 13.8 Å². The van der Waals surface area contributed by atoms with Crippen molar-refractivity contribution in [3.8, 4) is 5.75 Å². The molecule has 154 valence electrons. The fraction of sp³-hybridized carbons (Fsp3) is 0.300. The van der Waals surface area contributed by atoms with E-state index in [0.29, 0.717) is 16.9 Å². The molecule has 8 nitrogen and oxygen atoms in total. The van der Waals surface area contributed by atoms with Gasteiger partial charge >= 0.3 is 0 Å². The minimum Gasteiger partial charge on any atom is -0.479 e. The van der Waals surface area contributed by atoms with Crippen molar-refractivity contribution in [1.29, 1.82) is 0 Å². The molecule has 0 aliphatic carbocycles. The van der Waals surface area contributed by atoms with Gasteiger partial charge in [-0.1, -0.05) is 12.1 Å². The van der Waals surface area contributed by atoms with Gasteiger partial charge in [0.25, 0.3) is 5.91 Å². The second-order valence-electron chi connectivity index (χ2n) is 7.04. The molecule has 2 aromatic carbocycles. The van der Waals surface area contributed by atoms with E-state index in [0.717, 1.165) is 9.87 Å². The first kappa shape index (κ1) is 20.8. The number of fused-ring (bicyclic) bond motifs is 1. The van der Waals surface area contributed by atoms with Gasteiger partial charge in [0.2, 0.25) is 15.9 Å². The number of sulfonamides is 1. The van der Waals surface area contributed by atoms with Gasteiger partial charge in [-0.25, -0.2) is 8.42 Å². The average Bonchev–Trinajstić information content (AvgIpc) is 2.62. The number of carbonyl (C=O) groups excluding carboxylic acids is 2. The van der Waals surface area contributed by atoms with Gasteiger partial charge in [0.1, 0.15) is 5.75 Å². The topological polar surface area (TPSA) is 105 Å². The molecule has 0 fully saturated rings. The third kappa shape index (κ3) is 4.41. The minimum absolute atomic E-state index is 0.0189. The predicted octanol–water partition coefficient (Wildman–Crippen LogP) is 2.28. The largest absolute Gasteiger partial charge is 0.479 e. The second kappa shape index (κ2) is 7.84. The summed E-state index contributed by atoms with van der Waals surface area (Å²) in [6.45, 7) is 4.75. The summed E-state index contributed by atoms with van der Waals surface area (Å²) < 4.78 is 32.6. The zero-order valence-corrected chi connectivity index (χ0v) is 17.5. The Hall–Kier alpha value is -2.91. The van der Waals surface area contributed by atoms with Crippen molar-refractivity contribution < 1.29 is 22.7 Å². The number of benzene rings is 2. The number of rotatable bonds is 5.